The standard InChI is InChI=1S/2CHF3O3S.Zn/c2*2-1(3,4)8(5,6)7;/h2*(H,5,6,7);/p-1. The molecule has 1 N–H and O–H groups in total. The van der Waals surface area contributed by atoms with Crippen molar-refractivity contribution in [3.63, 3.8) is 0 Å². The van der Waals surface area contributed by atoms with Crippen LogP contribution in [0.25, 0.3) is 0 Å². The SMILES string of the molecule is O=S(=O)(O)C(F)(F)F.O=S(=O)([O-])C(F)(F)F.[Zn]. The molecule has 6 nitrogen and oxygen atoms in total. The molecule has 0 fully saturated rings. The van der Waals surface area contributed by atoms with Crippen molar-refractivity contribution in [1.82, 2.24) is 0 Å². The minimum Gasteiger partial charge on any atom is -0.741 e. The molecule has 0 aliphatic carbocycles. The van der Waals surface area contributed by atoms with E-state index in [1.165, 1.54) is 0 Å². The summed E-state index contributed by atoms with van der Waals surface area (Å²) in [6.45, 7) is 0. The third-order valence-corrected chi connectivity index (χ3v) is 1.73. The average molecular weight is 365 g/mol. The summed E-state index contributed by atoms with van der Waals surface area (Å²) >= 11 is 0. The van der Waals surface area contributed by atoms with Crippen LogP contribution in [0, 0.1) is 0 Å². The second kappa shape index (κ2) is 6.27. The van der Waals surface area contributed by atoms with Crippen molar-refractivity contribution in [2.45, 2.75) is 11.0 Å². The van der Waals surface area contributed by atoms with Crippen molar-refractivity contribution >= 4 is 20.2 Å². The molecule has 0 heterocycles. The molecule has 0 saturated heterocycles. The monoisotopic (exact) mass is 363 g/mol. The van der Waals surface area contributed by atoms with Crippen molar-refractivity contribution < 1.29 is 71.8 Å². The first-order chi connectivity index (χ1) is 6.50. The predicted molar refractivity (Wildman–Crippen MR) is 33.4 cm³/mol. The molecule has 17 heavy (non-hydrogen) atoms. The molecule has 102 valence electrons. The zero-order chi connectivity index (χ0) is 14.0. The second-order valence-electron chi connectivity index (χ2n) is 1.82. The largest absolute Gasteiger partial charge is 0.741 e. The molecule has 0 aliphatic heterocycles. The zero-order valence-corrected chi connectivity index (χ0v) is 11.9. The smallest absolute Gasteiger partial charge is 0.522 e. The third kappa shape index (κ3) is 9.70. The van der Waals surface area contributed by atoms with Gasteiger partial charge < -0.3 is 4.55 Å². The number of alkyl halides is 6. The Bertz CT molecular complexity index is 374. The van der Waals surface area contributed by atoms with Crippen LogP contribution in [-0.4, -0.2) is 37.0 Å². The third-order valence-electron chi connectivity index (χ3n) is 0.576. The van der Waals surface area contributed by atoms with Crippen molar-refractivity contribution in [2.24, 2.45) is 0 Å². The fraction of sp³-hybridized carbons (Fsp3) is 1.00. The summed E-state index contributed by atoms with van der Waals surface area (Å²) in [5.41, 5.74) is -11.2. The van der Waals surface area contributed by atoms with Gasteiger partial charge in [-0.05, 0) is 0 Å². The van der Waals surface area contributed by atoms with Crippen LogP contribution in [0.15, 0.2) is 0 Å². The molecule has 0 spiro atoms. The zero-order valence-electron chi connectivity index (χ0n) is 7.28. The molecule has 0 amide bonds. The maximum absolute atomic E-state index is 10.7. The van der Waals surface area contributed by atoms with Gasteiger partial charge in [-0.3, -0.25) is 4.55 Å². The van der Waals surface area contributed by atoms with Gasteiger partial charge in [0, 0.05) is 19.5 Å². The van der Waals surface area contributed by atoms with Crippen molar-refractivity contribution in [3.05, 3.63) is 0 Å². The van der Waals surface area contributed by atoms with Gasteiger partial charge in [-0.25, -0.2) is 8.42 Å². The molecule has 0 aromatic heterocycles. The molecule has 0 saturated carbocycles. The van der Waals surface area contributed by atoms with E-state index < -0.39 is 31.3 Å². The van der Waals surface area contributed by atoms with Crippen molar-refractivity contribution in [3.8, 4) is 0 Å². The van der Waals surface area contributed by atoms with E-state index >= 15 is 0 Å². The Labute approximate surface area is 103 Å². The average Bonchev–Trinajstić information content (AvgIpc) is 1.77. The Morgan fingerprint density at radius 3 is 0.941 bits per heavy atom. The number of rotatable bonds is 0. The summed E-state index contributed by atoms with van der Waals surface area (Å²) in [6.07, 6.45) is 0. The normalized spacial score (nSPS) is 13.2. The van der Waals surface area contributed by atoms with Gasteiger partial charge >= 0.3 is 21.1 Å². The molecule has 0 bridgehead atoms. The van der Waals surface area contributed by atoms with Gasteiger partial charge in [0.25, 0.3) is 0 Å². The van der Waals surface area contributed by atoms with Crippen molar-refractivity contribution in [1.29, 1.82) is 0 Å². The fourth-order valence-corrected chi connectivity index (χ4v) is 0. The molecule has 15 heteroatoms. The molecular weight excluding hydrogens is 364 g/mol. The van der Waals surface area contributed by atoms with E-state index in [4.69, 9.17) is 25.9 Å². The molecule has 0 aliphatic rings. The van der Waals surface area contributed by atoms with Crippen LogP contribution in [0.1, 0.15) is 0 Å². The van der Waals surface area contributed by atoms with Crippen LogP contribution in [0.3, 0.4) is 0 Å². The summed E-state index contributed by atoms with van der Waals surface area (Å²) in [7, 11) is -11.9. The van der Waals surface area contributed by atoms with Crippen LogP contribution in [-0.2, 0) is 39.7 Å². The van der Waals surface area contributed by atoms with Gasteiger partial charge in [0.1, 0.15) is 0 Å². The Morgan fingerprint density at radius 2 is 0.941 bits per heavy atom. The van der Waals surface area contributed by atoms with Gasteiger partial charge in [0.05, 0.1) is 0 Å². The minimum atomic E-state index is -6.09. The first kappa shape index (κ1) is 22.2. The molecule has 0 radical (unpaired) electrons. The Morgan fingerprint density at radius 1 is 0.824 bits per heavy atom. The maximum atomic E-state index is 10.7. The van der Waals surface area contributed by atoms with Crippen LogP contribution < -0.4 is 0 Å². The van der Waals surface area contributed by atoms with Crippen molar-refractivity contribution in [2.75, 3.05) is 0 Å². The Kier molecular flexibility index (Phi) is 8.19. The van der Waals surface area contributed by atoms with Crippen LogP contribution in [0.2, 0.25) is 0 Å². The maximum Gasteiger partial charge on any atom is 0.522 e. The quantitative estimate of drug-likeness (QED) is 0.289. The molecule has 0 rings (SSSR count). The van der Waals surface area contributed by atoms with E-state index in [0.29, 0.717) is 0 Å². The molecule has 0 atom stereocenters. The number of hydrogen-bond acceptors (Lipinski definition) is 5. The predicted octanol–water partition coefficient (Wildman–Crippen LogP) is 0.443. The van der Waals surface area contributed by atoms with Crippen LogP contribution in [0.5, 0.6) is 0 Å². The van der Waals surface area contributed by atoms with E-state index in [-0.39, 0.29) is 19.5 Å². The molecule has 0 aromatic carbocycles. The van der Waals surface area contributed by atoms with Gasteiger partial charge in [0.2, 0.25) is 0 Å². The first-order valence-electron chi connectivity index (χ1n) is 2.56. The number of hydrogen-bond donors (Lipinski definition) is 1. The topological polar surface area (TPSA) is 112 Å². The summed E-state index contributed by atoms with van der Waals surface area (Å²) in [5.74, 6) is 0. The molecular formula is C2HF6O6S2Zn-. The van der Waals surface area contributed by atoms with Crippen LogP contribution in [0.4, 0.5) is 26.3 Å². The summed E-state index contributed by atoms with van der Waals surface area (Å²) in [6, 6.07) is 0. The number of halogens is 6. The van der Waals surface area contributed by atoms with Gasteiger partial charge in [-0.2, -0.15) is 34.8 Å². The minimum absolute atomic E-state index is 0. The second-order valence-corrected chi connectivity index (χ2v) is 4.60. The van der Waals surface area contributed by atoms with E-state index in [0.717, 1.165) is 0 Å². The Hall–Kier alpha value is 0.0234. The van der Waals surface area contributed by atoms with E-state index in [2.05, 4.69) is 0 Å². The summed E-state index contributed by atoms with van der Waals surface area (Å²) in [4.78, 5) is 0. The Balaban J connectivity index is -0.000000218. The van der Waals surface area contributed by atoms with Gasteiger partial charge in [-0.1, -0.05) is 0 Å². The first-order valence-corrected chi connectivity index (χ1v) is 5.41. The van der Waals surface area contributed by atoms with E-state index in [1.807, 2.05) is 0 Å². The molecule has 0 unspecified atom stereocenters. The molecule has 0 aromatic rings. The van der Waals surface area contributed by atoms with Crippen LogP contribution >= 0.6 is 0 Å². The van der Waals surface area contributed by atoms with Gasteiger partial charge in [-0.15, -0.1) is 0 Å². The van der Waals surface area contributed by atoms with E-state index in [1.54, 1.807) is 0 Å². The fourth-order valence-electron chi connectivity index (χ4n) is 0. The summed E-state index contributed by atoms with van der Waals surface area (Å²) < 4.78 is 116. The van der Waals surface area contributed by atoms with Gasteiger partial charge in [0.15, 0.2) is 10.1 Å². The summed E-state index contributed by atoms with van der Waals surface area (Å²) in [5, 5.41) is 0. The van der Waals surface area contributed by atoms with E-state index in [9.17, 15) is 26.3 Å².